The number of rotatable bonds is 4. The van der Waals surface area contributed by atoms with Crippen molar-refractivity contribution in [3.63, 3.8) is 0 Å². The van der Waals surface area contributed by atoms with Crippen molar-refractivity contribution in [2.24, 2.45) is 0 Å². The minimum Gasteiger partial charge on any atom is -0.258 e. The molecule has 0 bridgehead atoms. The first-order chi connectivity index (χ1) is 9.00. The summed E-state index contributed by atoms with van der Waals surface area (Å²) in [6, 6.07) is 8.61. The van der Waals surface area contributed by atoms with Crippen LogP contribution in [0.4, 0.5) is 5.13 Å². The molecule has 1 aromatic carbocycles. The Kier molecular flexibility index (Phi) is 3.83. The number of hydrogen-bond donors (Lipinski definition) is 1. The van der Waals surface area contributed by atoms with E-state index < -0.39 is 10.0 Å². The van der Waals surface area contributed by atoms with Gasteiger partial charge in [0.15, 0.2) is 5.13 Å². The second-order valence-corrected chi connectivity index (χ2v) is 6.50. The van der Waals surface area contributed by atoms with Gasteiger partial charge in [0.25, 0.3) is 0 Å². The molecular formula is C12H11N3O2S2. The molecule has 1 aromatic heterocycles. The predicted octanol–water partition coefficient (Wildman–Crippen LogP) is 2.27. The van der Waals surface area contributed by atoms with Crippen LogP contribution in [-0.2, 0) is 15.8 Å². The zero-order valence-corrected chi connectivity index (χ0v) is 11.8. The van der Waals surface area contributed by atoms with E-state index in [0.29, 0.717) is 16.3 Å². The third kappa shape index (κ3) is 3.53. The molecule has 0 saturated carbocycles. The third-order valence-electron chi connectivity index (χ3n) is 2.35. The number of hydrogen-bond acceptors (Lipinski definition) is 5. The van der Waals surface area contributed by atoms with E-state index in [2.05, 4.69) is 9.71 Å². The van der Waals surface area contributed by atoms with Gasteiger partial charge in [-0.2, -0.15) is 5.26 Å². The Balaban J connectivity index is 2.20. The fourth-order valence-electron chi connectivity index (χ4n) is 1.53. The highest BCUT2D eigenvalue weighted by molar-refractivity contribution is 7.92. The lowest BCUT2D eigenvalue weighted by Gasteiger charge is -2.06. The molecule has 0 saturated heterocycles. The molecule has 19 heavy (non-hydrogen) atoms. The number of nitriles is 1. The van der Waals surface area contributed by atoms with E-state index in [0.717, 1.165) is 5.69 Å². The fourth-order valence-corrected chi connectivity index (χ4v) is 3.68. The quantitative estimate of drug-likeness (QED) is 0.937. The normalized spacial score (nSPS) is 10.9. The molecule has 0 unspecified atom stereocenters. The first-order valence-electron chi connectivity index (χ1n) is 5.41. The molecule has 0 aliphatic carbocycles. The number of nitrogens with zero attached hydrogens (tertiary/aromatic N) is 2. The zero-order chi connectivity index (χ0) is 13.9. The van der Waals surface area contributed by atoms with E-state index in [1.165, 1.54) is 11.3 Å². The first-order valence-corrected chi connectivity index (χ1v) is 7.94. The number of aromatic nitrogens is 1. The molecule has 0 aliphatic heterocycles. The van der Waals surface area contributed by atoms with Crippen LogP contribution in [0.5, 0.6) is 0 Å². The highest BCUT2D eigenvalue weighted by atomic mass is 32.2. The van der Waals surface area contributed by atoms with Crippen molar-refractivity contribution in [3.8, 4) is 6.07 Å². The van der Waals surface area contributed by atoms with Gasteiger partial charge in [-0.25, -0.2) is 13.4 Å². The molecule has 98 valence electrons. The van der Waals surface area contributed by atoms with Crippen LogP contribution in [0.2, 0.25) is 0 Å². The second-order valence-electron chi connectivity index (χ2n) is 3.92. The Bertz CT molecular complexity index is 729. The second kappa shape index (κ2) is 5.38. The summed E-state index contributed by atoms with van der Waals surface area (Å²) in [5, 5.41) is 11.0. The summed E-state index contributed by atoms with van der Waals surface area (Å²) < 4.78 is 26.4. The molecule has 1 heterocycles. The van der Waals surface area contributed by atoms with Gasteiger partial charge in [0.2, 0.25) is 10.0 Å². The van der Waals surface area contributed by atoms with Crippen molar-refractivity contribution >= 4 is 26.5 Å². The van der Waals surface area contributed by atoms with Gasteiger partial charge in [-0.1, -0.05) is 18.2 Å². The molecule has 0 fully saturated rings. The Morgan fingerprint density at radius 1 is 1.42 bits per heavy atom. The van der Waals surface area contributed by atoms with Crippen molar-refractivity contribution in [1.29, 1.82) is 5.26 Å². The molecule has 5 nitrogen and oxygen atoms in total. The molecule has 2 rings (SSSR count). The van der Waals surface area contributed by atoms with E-state index in [1.54, 1.807) is 36.6 Å². The van der Waals surface area contributed by atoms with E-state index >= 15 is 0 Å². The first kappa shape index (κ1) is 13.5. The molecule has 0 spiro atoms. The van der Waals surface area contributed by atoms with Crippen LogP contribution < -0.4 is 4.72 Å². The topological polar surface area (TPSA) is 82.9 Å². The molecule has 0 radical (unpaired) electrons. The summed E-state index contributed by atoms with van der Waals surface area (Å²) in [5.74, 6) is -0.241. The van der Waals surface area contributed by atoms with Crippen LogP contribution in [0, 0.1) is 18.3 Å². The minimum atomic E-state index is -3.56. The lowest BCUT2D eigenvalue weighted by Crippen LogP contribution is -2.15. The molecule has 0 amide bonds. The van der Waals surface area contributed by atoms with Crippen LogP contribution in [0.25, 0.3) is 0 Å². The van der Waals surface area contributed by atoms with Gasteiger partial charge in [-0.3, -0.25) is 4.72 Å². The predicted molar refractivity (Wildman–Crippen MR) is 74.3 cm³/mol. The van der Waals surface area contributed by atoms with Gasteiger partial charge in [0, 0.05) is 5.38 Å². The maximum absolute atomic E-state index is 12.0. The van der Waals surface area contributed by atoms with Gasteiger partial charge >= 0.3 is 0 Å². The Labute approximate surface area is 115 Å². The summed E-state index contributed by atoms with van der Waals surface area (Å²) in [6.45, 7) is 1.79. The van der Waals surface area contributed by atoms with E-state index in [4.69, 9.17) is 5.26 Å². The van der Waals surface area contributed by atoms with Crippen molar-refractivity contribution in [2.45, 2.75) is 12.7 Å². The lowest BCUT2D eigenvalue weighted by molar-refractivity contribution is 0.600. The molecule has 0 aliphatic rings. The fraction of sp³-hybridized carbons (Fsp3) is 0.167. The van der Waals surface area contributed by atoms with E-state index in [9.17, 15) is 8.42 Å². The molecule has 2 aromatic rings. The summed E-state index contributed by atoms with van der Waals surface area (Å²) >= 11 is 1.23. The van der Waals surface area contributed by atoms with Crippen LogP contribution in [0.1, 0.15) is 16.8 Å². The number of benzene rings is 1. The largest absolute Gasteiger partial charge is 0.258 e. The van der Waals surface area contributed by atoms with Gasteiger partial charge < -0.3 is 0 Å². The monoisotopic (exact) mass is 293 g/mol. The van der Waals surface area contributed by atoms with Gasteiger partial charge in [0.1, 0.15) is 0 Å². The van der Waals surface area contributed by atoms with Crippen molar-refractivity contribution in [1.82, 2.24) is 4.98 Å². The maximum Gasteiger partial charge on any atom is 0.238 e. The number of aryl methyl sites for hydroxylation is 1. The van der Waals surface area contributed by atoms with Crippen LogP contribution in [0.3, 0.4) is 0 Å². The van der Waals surface area contributed by atoms with Crippen molar-refractivity contribution in [3.05, 3.63) is 46.5 Å². The number of sulfonamides is 1. The molecular weight excluding hydrogens is 282 g/mol. The molecule has 1 N–H and O–H groups in total. The SMILES string of the molecule is Cc1csc(NS(=O)(=O)Cc2ccccc2C#N)n1. The number of anilines is 1. The lowest BCUT2D eigenvalue weighted by atomic mass is 10.1. The average Bonchev–Trinajstić information content (AvgIpc) is 2.74. The Morgan fingerprint density at radius 3 is 2.79 bits per heavy atom. The van der Waals surface area contributed by atoms with Crippen LogP contribution in [-0.4, -0.2) is 13.4 Å². The summed E-state index contributed by atoms with van der Waals surface area (Å²) in [6.07, 6.45) is 0. The molecule has 7 heteroatoms. The van der Waals surface area contributed by atoms with Crippen molar-refractivity contribution < 1.29 is 8.42 Å². The summed E-state index contributed by atoms with van der Waals surface area (Å²) in [4.78, 5) is 4.04. The van der Waals surface area contributed by atoms with E-state index in [-0.39, 0.29) is 5.75 Å². The number of thiazole rings is 1. The standard InChI is InChI=1S/C12H11N3O2S2/c1-9-7-18-12(14-9)15-19(16,17)8-11-5-3-2-4-10(11)6-13/h2-5,7H,8H2,1H3,(H,14,15). The third-order valence-corrected chi connectivity index (χ3v) is 4.55. The maximum atomic E-state index is 12.0. The highest BCUT2D eigenvalue weighted by Crippen LogP contribution is 2.18. The van der Waals surface area contributed by atoms with Crippen molar-refractivity contribution in [2.75, 3.05) is 4.72 Å². The average molecular weight is 293 g/mol. The van der Waals surface area contributed by atoms with Crippen LogP contribution in [0.15, 0.2) is 29.6 Å². The number of nitrogens with one attached hydrogen (secondary N) is 1. The van der Waals surface area contributed by atoms with Gasteiger partial charge in [0.05, 0.1) is 23.1 Å². The van der Waals surface area contributed by atoms with Gasteiger partial charge in [-0.15, -0.1) is 11.3 Å². The molecule has 0 atom stereocenters. The van der Waals surface area contributed by atoms with Crippen LogP contribution >= 0.6 is 11.3 Å². The minimum absolute atomic E-state index is 0.241. The van der Waals surface area contributed by atoms with E-state index in [1.807, 2.05) is 6.07 Å². The van der Waals surface area contributed by atoms with Gasteiger partial charge in [-0.05, 0) is 18.6 Å². The highest BCUT2D eigenvalue weighted by Gasteiger charge is 2.15. The summed E-state index contributed by atoms with van der Waals surface area (Å²) in [5.41, 5.74) is 1.61. The Hall–Kier alpha value is -1.91. The smallest absolute Gasteiger partial charge is 0.238 e. The summed E-state index contributed by atoms with van der Waals surface area (Å²) in [7, 11) is -3.56. The Morgan fingerprint density at radius 2 is 2.16 bits per heavy atom. The zero-order valence-electron chi connectivity index (χ0n) is 10.1.